The second-order valence-electron chi connectivity index (χ2n) is 7.98. The number of piperidine rings is 1. The Labute approximate surface area is 182 Å². The van der Waals surface area contributed by atoms with Gasteiger partial charge in [-0.25, -0.2) is 9.97 Å². The Balaban J connectivity index is 1.44. The Morgan fingerprint density at radius 2 is 2.07 bits per heavy atom. The van der Waals surface area contributed by atoms with Crippen LogP contribution in [0.3, 0.4) is 0 Å². The van der Waals surface area contributed by atoms with Crippen LogP contribution in [0.1, 0.15) is 50.3 Å². The summed E-state index contributed by atoms with van der Waals surface area (Å²) in [6, 6.07) is 10.9. The Morgan fingerprint density at radius 1 is 1.23 bits per heavy atom. The summed E-state index contributed by atoms with van der Waals surface area (Å²) >= 11 is 1.70. The monoisotopic (exact) mass is 422 g/mol. The van der Waals surface area contributed by atoms with Gasteiger partial charge in [-0.15, -0.1) is 11.3 Å². The number of thiophene rings is 1. The van der Waals surface area contributed by atoms with Crippen molar-refractivity contribution in [2.75, 3.05) is 18.4 Å². The van der Waals surface area contributed by atoms with Gasteiger partial charge in [0.25, 0.3) is 0 Å². The summed E-state index contributed by atoms with van der Waals surface area (Å²) in [6.07, 6.45) is 7.62. The van der Waals surface area contributed by atoms with Crippen molar-refractivity contribution in [1.82, 2.24) is 14.9 Å². The fourth-order valence-corrected chi connectivity index (χ4v) is 5.49. The van der Waals surface area contributed by atoms with Gasteiger partial charge in [0.05, 0.1) is 5.39 Å². The Hall–Kier alpha value is -2.47. The summed E-state index contributed by atoms with van der Waals surface area (Å²) in [4.78, 5) is 26.1. The van der Waals surface area contributed by atoms with E-state index < -0.39 is 0 Å². The van der Waals surface area contributed by atoms with Crippen LogP contribution in [0.2, 0.25) is 0 Å². The van der Waals surface area contributed by atoms with E-state index in [-0.39, 0.29) is 0 Å². The van der Waals surface area contributed by atoms with Crippen LogP contribution in [-0.2, 0) is 4.79 Å². The van der Waals surface area contributed by atoms with E-state index in [2.05, 4.69) is 58.3 Å². The number of aryl methyl sites for hydroxylation is 1. The molecular formula is C24H30N4OS. The number of nitrogens with one attached hydrogen (secondary N) is 1. The van der Waals surface area contributed by atoms with E-state index in [1.165, 1.54) is 22.4 Å². The van der Waals surface area contributed by atoms with Crippen LogP contribution >= 0.6 is 11.3 Å². The van der Waals surface area contributed by atoms with Crippen LogP contribution in [-0.4, -0.2) is 39.9 Å². The van der Waals surface area contributed by atoms with E-state index in [0.29, 0.717) is 18.4 Å². The van der Waals surface area contributed by atoms with Crippen molar-refractivity contribution in [3.8, 4) is 11.1 Å². The zero-order valence-corrected chi connectivity index (χ0v) is 18.7. The van der Waals surface area contributed by atoms with Crippen LogP contribution in [0.25, 0.3) is 21.3 Å². The minimum absolute atomic E-state index is 0.299. The minimum atomic E-state index is 0.299. The molecule has 1 aliphatic heterocycles. The summed E-state index contributed by atoms with van der Waals surface area (Å²) in [6.45, 7) is 5.97. The lowest BCUT2D eigenvalue weighted by Crippen LogP contribution is -2.43. The van der Waals surface area contributed by atoms with Gasteiger partial charge in [0.1, 0.15) is 17.0 Å². The number of hydrogen-bond acceptors (Lipinski definition) is 5. The molecule has 0 bridgehead atoms. The molecule has 1 amide bonds. The highest BCUT2D eigenvalue weighted by Crippen LogP contribution is 2.40. The van der Waals surface area contributed by atoms with Gasteiger partial charge in [0.15, 0.2) is 0 Å². The van der Waals surface area contributed by atoms with Gasteiger partial charge in [-0.1, -0.05) is 37.3 Å². The van der Waals surface area contributed by atoms with E-state index >= 15 is 0 Å². The minimum Gasteiger partial charge on any atom is -0.369 e. The first-order valence-corrected chi connectivity index (χ1v) is 11.8. The van der Waals surface area contributed by atoms with Crippen LogP contribution in [0.4, 0.5) is 5.82 Å². The number of anilines is 1. The highest BCUT2D eigenvalue weighted by atomic mass is 32.1. The first kappa shape index (κ1) is 20.8. The van der Waals surface area contributed by atoms with Crippen molar-refractivity contribution in [1.29, 1.82) is 0 Å². The summed E-state index contributed by atoms with van der Waals surface area (Å²) < 4.78 is 0. The SMILES string of the molecule is CCC1CCCCN1C(=O)CCCNc1ncnc2sc(C)c(-c3ccccc3)c12. The average molecular weight is 423 g/mol. The molecule has 1 saturated heterocycles. The lowest BCUT2D eigenvalue weighted by Gasteiger charge is -2.35. The van der Waals surface area contributed by atoms with Crippen LogP contribution < -0.4 is 5.32 Å². The second kappa shape index (κ2) is 9.56. The summed E-state index contributed by atoms with van der Waals surface area (Å²) in [5.74, 6) is 1.16. The van der Waals surface area contributed by atoms with Gasteiger partial charge < -0.3 is 10.2 Å². The van der Waals surface area contributed by atoms with E-state index in [9.17, 15) is 4.79 Å². The largest absolute Gasteiger partial charge is 0.369 e. The summed E-state index contributed by atoms with van der Waals surface area (Å²) in [7, 11) is 0. The molecule has 4 rings (SSSR count). The van der Waals surface area contributed by atoms with Gasteiger partial charge in [-0.2, -0.15) is 0 Å². The zero-order valence-electron chi connectivity index (χ0n) is 17.9. The number of nitrogens with zero attached hydrogens (tertiary/aromatic N) is 3. The Bertz CT molecular complexity index is 1000. The molecule has 6 heteroatoms. The average Bonchev–Trinajstić information content (AvgIpc) is 3.13. The van der Waals surface area contributed by atoms with Gasteiger partial charge in [-0.05, 0) is 44.6 Å². The number of hydrogen-bond donors (Lipinski definition) is 1. The van der Waals surface area contributed by atoms with Gasteiger partial charge in [0, 0.05) is 36.0 Å². The third-order valence-electron chi connectivity index (χ3n) is 6.01. The molecular weight excluding hydrogens is 392 g/mol. The van der Waals surface area contributed by atoms with Crippen molar-refractivity contribution in [2.24, 2.45) is 0 Å². The highest BCUT2D eigenvalue weighted by Gasteiger charge is 2.24. The maximum atomic E-state index is 12.7. The summed E-state index contributed by atoms with van der Waals surface area (Å²) in [5, 5.41) is 4.56. The van der Waals surface area contributed by atoms with Crippen LogP contribution in [0.15, 0.2) is 36.7 Å². The fourth-order valence-electron chi connectivity index (χ4n) is 4.47. The molecule has 3 heterocycles. The molecule has 0 radical (unpaired) electrons. The quantitative estimate of drug-likeness (QED) is 0.500. The number of benzene rings is 1. The maximum absolute atomic E-state index is 12.7. The Morgan fingerprint density at radius 3 is 2.87 bits per heavy atom. The molecule has 5 nitrogen and oxygen atoms in total. The smallest absolute Gasteiger partial charge is 0.222 e. The van der Waals surface area contributed by atoms with E-state index in [1.807, 2.05) is 6.07 Å². The Kier molecular flexibility index (Phi) is 6.62. The number of aromatic nitrogens is 2. The molecule has 0 spiro atoms. The predicted octanol–water partition coefficient (Wildman–Crippen LogP) is 5.65. The molecule has 1 aromatic carbocycles. The van der Waals surface area contributed by atoms with Crippen molar-refractivity contribution < 1.29 is 4.79 Å². The molecule has 1 fully saturated rings. The number of rotatable bonds is 7. The standard InChI is InChI=1S/C24H30N4OS/c1-3-19-12-7-8-15-28(19)20(29)13-9-14-25-23-22-21(18-10-5-4-6-11-18)17(2)30-24(22)27-16-26-23/h4-6,10-11,16,19H,3,7-9,12-15H2,1-2H3,(H,25,26,27). The number of amides is 1. The predicted molar refractivity (Wildman–Crippen MR) is 125 cm³/mol. The van der Waals surface area contributed by atoms with Crippen molar-refractivity contribution >= 4 is 33.3 Å². The molecule has 158 valence electrons. The normalized spacial score (nSPS) is 16.7. The molecule has 1 atom stereocenters. The maximum Gasteiger partial charge on any atom is 0.222 e. The summed E-state index contributed by atoms with van der Waals surface area (Å²) in [5.41, 5.74) is 2.39. The lowest BCUT2D eigenvalue weighted by molar-refractivity contribution is -0.135. The first-order valence-electron chi connectivity index (χ1n) is 11.0. The molecule has 3 aromatic rings. The number of carbonyl (C=O) groups excluding carboxylic acids is 1. The lowest BCUT2D eigenvalue weighted by atomic mass is 9.99. The van der Waals surface area contributed by atoms with Crippen molar-refractivity contribution in [2.45, 2.75) is 58.4 Å². The third kappa shape index (κ3) is 4.33. The molecule has 1 N–H and O–H groups in total. The fraction of sp³-hybridized carbons (Fsp3) is 0.458. The van der Waals surface area contributed by atoms with E-state index in [1.54, 1.807) is 17.7 Å². The molecule has 0 aliphatic carbocycles. The third-order valence-corrected chi connectivity index (χ3v) is 7.02. The molecule has 2 aromatic heterocycles. The van der Waals surface area contributed by atoms with Gasteiger partial charge in [0.2, 0.25) is 5.91 Å². The first-order chi connectivity index (χ1) is 14.7. The topological polar surface area (TPSA) is 58.1 Å². The number of fused-ring (bicyclic) bond motifs is 1. The van der Waals surface area contributed by atoms with Gasteiger partial charge >= 0.3 is 0 Å². The van der Waals surface area contributed by atoms with Crippen molar-refractivity contribution in [3.05, 3.63) is 41.5 Å². The number of carbonyl (C=O) groups is 1. The molecule has 1 unspecified atom stereocenters. The van der Waals surface area contributed by atoms with E-state index in [4.69, 9.17) is 0 Å². The molecule has 1 aliphatic rings. The van der Waals surface area contributed by atoms with Crippen LogP contribution in [0, 0.1) is 6.92 Å². The van der Waals surface area contributed by atoms with Crippen LogP contribution in [0.5, 0.6) is 0 Å². The molecule has 0 saturated carbocycles. The number of likely N-dealkylation sites (tertiary alicyclic amines) is 1. The van der Waals surface area contributed by atoms with Gasteiger partial charge in [-0.3, -0.25) is 4.79 Å². The zero-order chi connectivity index (χ0) is 20.9. The highest BCUT2D eigenvalue weighted by molar-refractivity contribution is 7.19. The van der Waals surface area contributed by atoms with Crippen molar-refractivity contribution in [3.63, 3.8) is 0 Å². The van der Waals surface area contributed by atoms with E-state index in [0.717, 1.165) is 54.8 Å². The molecule has 30 heavy (non-hydrogen) atoms. The second-order valence-corrected chi connectivity index (χ2v) is 9.18.